The summed E-state index contributed by atoms with van der Waals surface area (Å²) in [5, 5.41) is 12.8. The lowest BCUT2D eigenvalue weighted by Gasteiger charge is -2.51. The topological polar surface area (TPSA) is 71.5 Å². The molecule has 0 atom stereocenters. The molecule has 0 unspecified atom stereocenters. The van der Waals surface area contributed by atoms with Gasteiger partial charge < -0.3 is 16.0 Å². The van der Waals surface area contributed by atoms with Crippen molar-refractivity contribution >= 4 is 17.0 Å². The lowest BCUT2D eigenvalue weighted by Crippen LogP contribution is -2.62. The number of benzene rings is 1. The number of hydrogen-bond acceptors (Lipinski definition) is 5. The second-order valence-electron chi connectivity index (χ2n) is 9.96. The van der Waals surface area contributed by atoms with Crippen LogP contribution in [0.1, 0.15) is 51.9 Å². The Hall–Kier alpha value is -2.86. The molecule has 0 bridgehead atoms. The highest BCUT2D eigenvalue weighted by molar-refractivity contribution is 5.84. The minimum absolute atomic E-state index is 0.0194. The van der Waals surface area contributed by atoms with Gasteiger partial charge in [-0.3, -0.25) is 4.40 Å². The summed E-state index contributed by atoms with van der Waals surface area (Å²) < 4.78 is 2.04. The SMILES string of the molecule is CC1(C)CC(N2C(c3nnc4ccccn34)=C(N)Cc3ccccc32)CC(C)(C)N1. The molecular weight excluding hydrogens is 372 g/mol. The summed E-state index contributed by atoms with van der Waals surface area (Å²) in [5.74, 6) is 0.812. The molecule has 2 aliphatic rings. The van der Waals surface area contributed by atoms with Crippen LogP contribution in [-0.2, 0) is 6.42 Å². The van der Waals surface area contributed by atoms with Gasteiger partial charge in [0.25, 0.3) is 0 Å². The molecule has 1 aromatic carbocycles. The van der Waals surface area contributed by atoms with Crippen molar-refractivity contribution in [3.05, 3.63) is 65.7 Å². The number of allylic oxidation sites excluding steroid dienone is 1. The molecule has 6 nitrogen and oxygen atoms in total. The highest BCUT2D eigenvalue weighted by Gasteiger charge is 2.43. The number of para-hydroxylation sites is 1. The quantitative estimate of drug-likeness (QED) is 0.683. The molecule has 0 radical (unpaired) electrons. The summed E-state index contributed by atoms with van der Waals surface area (Å²) in [6.45, 7) is 9.15. The van der Waals surface area contributed by atoms with Crippen LogP contribution in [0.15, 0.2) is 54.4 Å². The minimum Gasteiger partial charge on any atom is -0.400 e. The van der Waals surface area contributed by atoms with E-state index in [1.54, 1.807) is 0 Å². The Bertz CT molecular complexity index is 1120. The van der Waals surface area contributed by atoms with E-state index in [0.717, 1.165) is 42.1 Å². The maximum atomic E-state index is 6.75. The third-order valence-electron chi connectivity index (χ3n) is 6.24. The number of pyridine rings is 1. The lowest BCUT2D eigenvalue weighted by atomic mass is 9.78. The van der Waals surface area contributed by atoms with E-state index in [4.69, 9.17) is 5.73 Å². The van der Waals surface area contributed by atoms with Crippen molar-refractivity contribution in [3.8, 4) is 0 Å². The van der Waals surface area contributed by atoms with Gasteiger partial charge in [0.15, 0.2) is 11.5 Å². The van der Waals surface area contributed by atoms with E-state index in [0.29, 0.717) is 6.04 Å². The molecule has 30 heavy (non-hydrogen) atoms. The average molecular weight is 403 g/mol. The standard InChI is InChI=1S/C24H30N6/c1-23(2)14-17(15-24(3,4)28-23)30-19-10-6-5-9-16(19)13-18(25)21(30)22-27-26-20-11-7-8-12-29(20)22/h5-12,17,28H,13-15,25H2,1-4H3. The Kier molecular flexibility index (Phi) is 4.19. The van der Waals surface area contributed by atoms with Gasteiger partial charge in [-0.25, -0.2) is 0 Å². The number of rotatable bonds is 2. The highest BCUT2D eigenvalue weighted by Crippen LogP contribution is 2.42. The second kappa shape index (κ2) is 6.57. The van der Waals surface area contributed by atoms with Crippen LogP contribution in [0.25, 0.3) is 11.3 Å². The Morgan fingerprint density at radius 2 is 1.67 bits per heavy atom. The predicted octanol–water partition coefficient (Wildman–Crippen LogP) is 3.73. The fourth-order valence-electron chi connectivity index (χ4n) is 5.54. The molecule has 0 saturated carbocycles. The van der Waals surface area contributed by atoms with Crippen LogP contribution in [-0.4, -0.2) is 31.7 Å². The monoisotopic (exact) mass is 402 g/mol. The lowest BCUT2D eigenvalue weighted by molar-refractivity contribution is 0.163. The number of nitrogens with two attached hydrogens (primary N) is 1. The molecule has 0 spiro atoms. The fourth-order valence-corrected chi connectivity index (χ4v) is 5.54. The number of anilines is 1. The van der Waals surface area contributed by atoms with Crippen molar-refractivity contribution in [1.82, 2.24) is 19.9 Å². The summed E-state index contributed by atoms with van der Waals surface area (Å²) in [4.78, 5) is 2.45. The van der Waals surface area contributed by atoms with Gasteiger partial charge >= 0.3 is 0 Å². The van der Waals surface area contributed by atoms with E-state index in [1.807, 2.05) is 28.8 Å². The average Bonchev–Trinajstić information content (AvgIpc) is 3.08. The summed E-state index contributed by atoms with van der Waals surface area (Å²) in [6, 6.07) is 14.9. The molecule has 1 saturated heterocycles. The smallest absolute Gasteiger partial charge is 0.186 e. The van der Waals surface area contributed by atoms with Crippen molar-refractivity contribution in [3.63, 3.8) is 0 Å². The van der Waals surface area contributed by atoms with Gasteiger partial charge in [0.2, 0.25) is 0 Å². The first-order valence-corrected chi connectivity index (χ1v) is 10.7. The normalized spacial score (nSPS) is 21.1. The number of piperidine rings is 1. The zero-order valence-corrected chi connectivity index (χ0v) is 18.2. The Labute approximate surface area is 177 Å². The molecule has 0 amide bonds. The highest BCUT2D eigenvalue weighted by atomic mass is 15.3. The first-order valence-electron chi connectivity index (χ1n) is 10.7. The van der Waals surface area contributed by atoms with E-state index >= 15 is 0 Å². The van der Waals surface area contributed by atoms with Crippen LogP contribution >= 0.6 is 0 Å². The molecule has 0 aliphatic carbocycles. The van der Waals surface area contributed by atoms with Gasteiger partial charge in [-0.1, -0.05) is 24.3 Å². The molecular formula is C24H30N6. The van der Waals surface area contributed by atoms with E-state index in [1.165, 1.54) is 11.3 Å². The van der Waals surface area contributed by atoms with Gasteiger partial charge in [0.1, 0.15) is 5.70 Å². The molecule has 6 heteroatoms. The van der Waals surface area contributed by atoms with Crippen molar-refractivity contribution < 1.29 is 0 Å². The molecule has 1 fully saturated rings. The van der Waals surface area contributed by atoms with Crippen LogP contribution in [0, 0.1) is 0 Å². The molecule has 2 aliphatic heterocycles. The maximum Gasteiger partial charge on any atom is 0.186 e. The number of fused-ring (bicyclic) bond motifs is 2. The van der Waals surface area contributed by atoms with Crippen molar-refractivity contribution in [2.45, 2.75) is 64.1 Å². The number of hydrogen-bond donors (Lipinski definition) is 2. The zero-order chi connectivity index (χ0) is 21.1. The van der Waals surface area contributed by atoms with E-state index in [-0.39, 0.29) is 11.1 Å². The van der Waals surface area contributed by atoms with E-state index in [9.17, 15) is 0 Å². The largest absolute Gasteiger partial charge is 0.400 e. The van der Waals surface area contributed by atoms with Gasteiger partial charge in [0.05, 0.1) is 0 Å². The summed E-state index contributed by atoms with van der Waals surface area (Å²) in [7, 11) is 0. The van der Waals surface area contributed by atoms with Gasteiger partial charge in [-0.15, -0.1) is 10.2 Å². The maximum absolute atomic E-state index is 6.75. The fraction of sp³-hybridized carbons (Fsp3) is 0.417. The minimum atomic E-state index is 0.0194. The van der Waals surface area contributed by atoms with Gasteiger partial charge in [-0.2, -0.15) is 0 Å². The van der Waals surface area contributed by atoms with Crippen LogP contribution in [0.2, 0.25) is 0 Å². The Balaban J connectivity index is 1.70. The Morgan fingerprint density at radius 1 is 0.967 bits per heavy atom. The Morgan fingerprint density at radius 3 is 2.43 bits per heavy atom. The van der Waals surface area contributed by atoms with E-state index < -0.39 is 0 Å². The third kappa shape index (κ3) is 3.16. The van der Waals surface area contributed by atoms with Gasteiger partial charge in [-0.05, 0) is 64.3 Å². The van der Waals surface area contributed by atoms with Crippen LogP contribution in [0.4, 0.5) is 5.69 Å². The predicted molar refractivity (Wildman–Crippen MR) is 121 cm³/mol. The first-order chi connectivity index (χ1) is 14.2. The van der Waals surface area contributed by atoms with Gasteiger partial charge in [0, 0.05) is 41.1 Å². The van der Waals surface area contributed by atoms with Crippen molar-refractivity contribution in [2.75, 3.05) is 4.90 Å². The summed E-state index contributed by atoms with van der Waals surface area (Å²) >= 11 is 0. The first kappa shape index (κ1) is 19.1. The number of nitrogens with zero attached hydrogens (tertiary/aromatic N) is 4. The second-order valence-corrected chi connectivity index (χ2v) is 9.96. The van der Waals surface area contributed by atoms with Crippen LogP contribution in [0.3, 0.4) is 0 Å². The van der Waals surface area contributed by atoms with E-state index in [2.05, 4.69) is 72.4 Å². The molecule has 3 N–H and O–H groups in total. The van der Waals surface area contributed by atoms with Crippen molar-refractivity contribution in [2.24, 2.45) is 5.73 Å². The summed E-state index contributed by atoms with van der Waals surface area (Å²) in [6.07, 6.45) is 4.76. The molecule has 156 valence electrons. The number of nitrogens with one attached hydrogen (secondary N) is 1. The molecule has 4 heterocycles. The summed E-state index contributed by atoms with van der Waals surface area (Å²) in [5.41, 5.74) is 12.0. The molecule has 2 aromatic heterocycles. The third-order valence-corrected chi connectivity index (χ3v) is 6.24. The zero-order valence-electron chi connectivity index (χ0n) is 18.2. The van der Waals surface area contributed by atoms with Crippen molar-refractivity contribution in [1.29, 1.82) is 0 Å². The van der Waals surface area contributed by atoms with Crippen LogP contribution < -0.4 is 16.0 Å². The number of aromatic nitrogens is 3. The molecule has 3 aromatic rings. The van der Waals surface area contributed by atoms with Crippen LogP contribution in [0.5, 0.6) is 0 Å². The molecule has 5 rings (SSSR count).